The second kappa shape index (κ2) is 6.47. The zero-order valence-corrected chi connectivity index (χ0v) is 13.7. The summed E-state index contributed by atoms with van der Waals surface area (Å²) in [5, 5.41) is 0.820. The molecule has 0 spiro atoms. The van der Waals surface area contributed by atoms with Crippen molar-refractivity contribution in [3.8, 4) is 0 Å². The van der Waals surface area contributed by atoms with Crippen molar-refractivity contribution in [3.63, 3.8) is 0 Å². The Morgan fingerprint density at radius 2 is 1.59 bits per heavy atom. The fourth-order valence-corrected chi connectivity index (χ4v) is 3.15. The van der Waals surface area contributed by atoms with Gasteiger partial charge in [-0.3, -0.25) is 9.59 Å². The van der Waals surface area contributed by atoms with Crippen molar-refractivity contribution < 1.29 is 9.59 Å². The summed E-state index contributed by atoms with van der Waals surface area (Å²) in [5.41, 5.74) is 0.535. The minimum Gasteiger partial charge on any atom is -0.339 e. The summed E-state index contributed by atoms with van der Waals surface area (Å²) in [6, 6.07) is 4.91. The molecule has 0 radical (unpaired) electrons. The highest BCUT2D eigenvalue weighted by molar-refractivity contribution is 6.42. The fourth-order valence-electron chi connectivity index (χ4n) is 2.86. The first-order valence-electron chi connectivity index (χ1n) is 7.59. The van der Waals surface area contributed by atoms with Gasteiger partial charge in [-0.25, -0.2) is 0 Å². The largest absolute Gasteiger partial charge is 0.339 e. The molecule has 6 heteroatoms. The predicted molar refractivity (Wildman–Crippen MR) is 86.3 cm³/mol. The van der Waals surface area contributed by atoms with Gasteiger partial charge in [0.15, 0.2) is 0 Å². The normalized spacial score (nSPS) is 19.0. The van der Waals surface area contributed by atoms with Gasteiger partial charge in [0.25, 0.3) is 5.91 Å². The number of hydrogen-bond acceptors (Lipinski definition) is 2. The molecular weight excluding hydrogens is 323 g/mol. The molecule has 0 atom stereocenters. The number of halogens is 2. The lowest BCUT2D eigenvalue weighted by atomic mass is 9.84. The van der Waals surface area contributed by atoms with Gasteiger partial charge in [-0.05, 0) is 31.0 Å². The van der Waals surface area contributed by atoms with Gasteiger partial charge < -0.3 is 9.80 Å². The van der Waals surface area contributed by atoms with E-state index in [0.717, 1.165) is 19.3 Å². The third kappa shape index (κ3) is 3.08. The van der Waals surface area contributed by atoms with Crippen LogP contribution in [0.15, 0.2) is 18.2 Å². The van der Waals surface area contributed by atoms with Crippen molar-refractivity contribution in [3.05, 3.63) is 33.8 Å². The third-order valence-corrected chi connectivity index (χ3v) is 5.24. The predicted octanol–water partition coefficient (Wildman–Crippen LogP) is 3.08. The van der Waals surface area contributed by atoms with E-state index in [0.29, 0.717) is 41.8 Å². The Bertz CT molecular complexity index is 594. The molecule has 1 saturated heterocycles. The number of hydrogen-bond donors (Lipinski definition) is 0. The average Bonchev–Trinajstić information content (AvgIpc) is 2.48. The minimum absolute atomic E-state index is 0.0608. The van der Waals surface area contributed by atoms with Gasteiger partial charge in [0.05, 0.1) is 10.0 Å². The van der Waals surface area contributed by atoms with E-state index in [1.165, 1.54) is 0 Å². The lowest BCUT2D eigenvalue weighted by Crippen LogP contribution is -2.52. The van der Waals surface area contributed by atoms with Crippen LogP contribution in [-0.4, -0.2) is 47.8 Å². The van der Waals surface area contributed by atoms with E-state index in [1.807, 2.05) is 4.90 Å². The first-order valence-corrected chi connectivity index (χ1v) is 8.35. The van der Waals surface area contributed by atoms with Gasteiger partial charge >= 0.3 is 0 Å². The zero-order valence-electron chi connectivity index (χ0n) is 12.2. The summed E-state index contributed by atoms with van der Waals surface area (Å²) in [4.78, 5) is 28.3. The van der Waals surface area contributed by atoms with Crippen LogP contribution in [-0.2, 0) is 4.79 Å². The highest BCUT2D eigenvalue weighted by Gasteiger charge is 2.32. The van der Waals surface area contributed by atoms with Gasteiger partial charge in [0.2, 0.25) is 5.91 Å². The summed E-state index contributed by atoms with van der Waals surface area (Å²) in [7, 11) is 0. The first-order chi connectivity index (χ1) is 10.6. The van der Waals surface area contributed by atoms with Crippen molar-refractivity contribution in [1.82, 2.24) is 9.80 Å². The highest BCUT2D eigenvalue weighted by atomic mass is 35.5. The number of benzene rings is 1. The van der Waals surface area contributed by atoms with Crippen LogP contribution in [0.4, 0.5) is 0 Å². The summed E-state index contributed by atoms with van der Waals surface area (Å²) in [5.74, 6) is 0.416. The zero-order chi connectivity index (χ0) is 15.7. The Morgan fingerprint density at radius 3 is 2.14 bits per heavy atom. The van der Waals surface area contributed by atoms with Crippen LogP contribution >= 0.6 is 23.2 Å². The van der Waals surface area contributed by atoms with E-state index in [4.69, 9.17) is 23.2 Å². The molecule has 1 aliphatic heterocycles. The van der Waals surface area contributed by atoms with Crippen LogP contribution in [0.25, 0.3) is 0 Å². The molecule has 0 unspecified atom stereocenters. The molecule has 0 aromatic heterocycles. The summed E-state index contributed by atoms with van der Waals surface area (Å²) >= 11 is 11.8. The molecule has 22 heavy (non-hydrogen) atoms. The molecule has 0 N–H and O–H groups in total. The molecule has 1 saturated carbocycles. The van der Waals surface area contributed by atoms with E-state index in [2.05, 4.69) is 0 Å². The lowest BCUT2D eigenvalue weighted by Gasteiger charge is -2.38. The van der Waals surface area contributed by atoms with Gasteiger partial charge in [-0.1, -0.05) is 29.6 Å². The molecule has 4 nitrogen and oxygen atoms in total. The first kappa shape index (κ1) is 15.6. The van der Waals surface area contributed by atoms with E-state index < -0.39 is 0 Å². The van der Waals surface area contributed by atoms with Crippen molar-refractivity contribution in [2.24, 2.45) is 5.92 Å². The SMILES string of the molecule is O=C(c1ccc(Cl)c(Cl)c1)N1CCN(C(=O)C2CCC2)CC1. The molecule has 1 aromatic carbocycles. The summed E-state index contributed by atoms with van der Waals surface area (Å²) in [6.07, 6.45) is 3.19. The molecule has 1 aromatic rings. The summed E-state index contributed by atoms with van der Waals surface area (Å²) in [6.45, 7) is 2.36. The number of rotatable bonds is 2. The van der Waals surface area contributed by atoms with Gasteiger partial charge in [-0.2, -0.15) is 0 Å². The van der Waals surface area contributed by atoms with Crippen molar-refractivity contribution in [2.45, 2.75) is 19.3 Å². The van der Waals surface area contributed by atoms with E-state index in [1.54, 1.807) is 23.1 Å². The van der Waals surface area contributed by atoms with Crippen molar-refractivity contribution >= 4 is 35.0 Å². The van der Waals surface area contributed by atoms with E-state index in [9.17, 15) is 9.59 Å². The van der Waals surface area contributed by atoms with E-state index in [-0.39, 0.29) is 17.7 Å². The molecule has 3 rings (SSSR count). The Morgan fingerprint density at radius 1 is 0.955 bits per heavy atom. The fraction of sp³-hybridized carbons (Fsp3) is 0.500. The van der Waals surface area contributed by atoms with Crippen LogP contribution in [0.2, 0.25) is 10.0 Å². The molecule has 1 aliphatic carbocycles. The molecule has 118 valence electrons. The van der Waals surface area contributed by atoms with Crippen molar-refractivity contribution in [1.29, 1.82) is 0 Å². The Balaban J connectivity index is 1.59. The molecule has 2 aliphatic rings. The highest BCUT2D eigenvalue weighted by Crippen LogP contribution is 2.29. The third-order valence-electron chi connectivity index (χ3n) is 4.50. The number of piperazine rings is 1. The number of nitrogens with zero attached hydrogens (tertiary/aromatic N) is 2. The van der Waals surface area contributed by atoms with Crippen LogP contribution < -0.4 is 0 Å². The number of carbonyl (C=O) groups is 2. The average molecular weight is 341 g/mol. The molecular formula is C16H18Cl2N2O2. The standard InChI is InChI=1S/C16H18Cl2N2O2/c17-13-5-4-12(10-14(13)18)16(22)20-8-6-19(7-9-20)15(21)11-2-1-3-11/h4-5,10-11H,1-3,6-9H2. The van der Waals surface area contributed by atoms with E-state index >= 15 is 0 Å². The molecule has 2 fully saturated rings. The smallest absolute Gasteiger partial charge is 0.254 e. The van der Waals surface area contributed by atoms with Gasteiger partial charge in [0, 0.05) is 37.7 Å². The number of carbonyl (C=O) groups excluding carboxylic acids is 2. The second-order valence-corrected chi connectivity index (χ2v) is 6.69. The number of amides is 2. The monoisotopic (exact) mass is 340 g/mol. The maximum absolute atomic E-state index is 12.5. The lowest BCUT2D eigenvalue weighted by molar-refractivity contribution is -0.139. The topological polar surface area (TPSA) is 40.6 Å². The van der Waals surface area contributed by atoms with Crippen LogP contribution in [0.1, 0.15) is 29.6 Å². The summed E-state index contributed by atoms with van der Waals surface area (Å²) < 4.78 is 0. The minimum atomic E-state index is -0.0608. The maximum atomic E-state index is 12.5. The maximum Gasteiger partial charge on any atom is 0.254 e. The van der Waals surface area contributed by atoms with Gasteiger partial charge in [-0.15, -0.1) is 0 Å². The second-order valence-electron chi connectivity index (χ2n) is 5.87. The van der Waals surface area contributed by atoms with Crippen molar-refractivity contribution in [2.75, 3.05) is 26.2 Å². The molecule has 0 bridgehead atoms. The molecule has 1 heterocycles. The van der Waals surface area contributed by atoms with Crippen LogP contribution in [0.5, 0.6) is 0 Å². The van der Waals surface area contributed by atoms with Gasteiger partial charge in [0.1, 0.15) is 0 Å². The quantitative estimate of drug-likeness (QED) is 0.829. The Labute approximate surface area is 140 Å². The Kier molecular flexibility index (Phi) is 4.59. The Hall–Kier alpha value is -1.26. The van der Waals surface area contributed by atoms with Crippen LogP contribution in [0, 0.1) is 5.92 Å². The van der Waals surface area contributed by atoms with Crippen LogP contribution in [0.3, 0.4) is 0 Å². The molecule has 2 amide bonds.